The molecule has 1 aromatic carbocycles. The molecule has 1 saturated heterocycles. The first-order valence-electron chi connectivity index (χ1n) is 9.25. The molecule has 1 aliphatic carbocycles. The zero-order valence-corrected chi connectivity index (χ0v) is 15.2. The van der Waals surface area contributed by atoms with E-state index in [1.807, 2.05) is 49.1 Å². The minimum absolute atomic E-state index is 0.0352. The second-order valence-electron chi connectivity index (χ2n) is 7.85. The van der Waals surface area contributed by atoms with Crippen molar-refractivity contribution in [2.45, 2.75) is 57.3 Å². The van der Waals surface area contributed by atoms with Crippen LogP contribution in [0.1, 0.15) is 39.5 Å². The maximum absolute atomic E-state index is 12.9. The van der Waals surface area contributed by atoms with Crippen molar-refractivity contribution < 1.29 is 19.4 Å². The van der Waals surface area contributed by atoms with E-state index >= 15 is 0 Å². The van der Waals surface area contributed by atoms with Gasteiger partial charge in [0.2, 0.25) is 5.91 Å². The van der Waals surface area contributed by atoms with Gasteiger partial charge in [0.1, 0.15) is 18.5 Å². The van der Waals surface area contributed by atoms with Crippen LogP contribution in [0.3, 0.4) is 0 Å². The normalized spacial score (nSPS) is 29.2. The zero-order valence-electron chi connectivity index (χ0n) is 15.2. The molecule has 1 N–H and O–H groups in total. The number of hydrogen-bond donors (Lipinski definition) is 1. The van der Waals surface area contributed by atoms with E-state index in [0.29, 0.717) is 19.7 Å². The summed E-state index contributed by atoms with van der Waals surface area (Å²) in [5.74, 6) is 1.05. The molecule has 1 aliphatic heterocycles. The van der Waals surface area contributed by atoms with Crippen LogP contribution in [-0.4, -0.2) is 53.4 Å². The third-order valence-corrected chi connectivity index (χ3v) is 5.02. The summed E-state index contributed by atoms with van der Waals surface area (Å²) in [5.41, 5.74) is -0.382. The number of carbonyl (C=O) groups is 1. The van der Waals surface area contributed by atoms with Gasteiger partial charge in [-0.15, -0.1) is 0 Å². The number of ether oxygens (including phenoxy) is 2. The fourth-order valence-corrected chi connectivity index (χ4v) is 3.84. The molecule has 5 nitrogen and oxygen atoms in total. The van der Waals surface area contributed by atoms with Gasteiger partial charge >= 0.3 is 0 Å². The fraction of sp³-hybridized carbons (Fsp3) is 0.650. The van der Waals surface area contributed by atoms with Gasteiger partial charge in [-0.05, 0) is 51.7 Å². The van der Waals surface area contributed by atoms with Crippen molar-refractivity contribution in [2.75, 3.05) is 19.7 Å². The number of para-hydroxylation sites is 1. The molecule has 2 fully saturated rings. The Kier molecular flexibility index (Phi) is 5.64. The lowest BCUT2D eigenvalue weighted by molar-refractivity contribution is -0.169. The summed E-state index contributed by atoms with van der Waals surface area (Å²) < 4.78 is 12.0. The Labute approximate surface area is 149 Å². The first-order valence-corrected chi connectivity index (χ1v) is 9.25. The number of nitrogens with zero attached hydrogens (tertiary/aromatic N) is 1. The molecule has 2 aliphatic rings. The van der Waals surface area contributed by atoms with Crippen LogP contribution < -0.4 is 4.74 Å². The standard InChI is InChI=1S/C20H29NO4/c1-20(2)14-21(19(23)15-8-10-16(22)11-9-15)12-18(25-20)13-24-17-6-4-3-5-7-17/h3-7,15-16,18,22H,8-14H2,1-2H3. The number of aliphatic hydroxyl groups excluding tert-OH is 1. The monoisotopic (exact) mass is 347 g/mol. The fourth-order valence-electron chi connectivity index (χ4n) is 3.84. The molecule has 1 unspecified atom stereocenters. The van der Waals surface area contributed by atoms with E-state index in [4.69, 9.17) is 9.47 Å². The summed E-state index contributed by atoms with van der Waals surface area (Å²) in [6, 6.07) is 9.67. The van der Waals surface area contributed by atoms with Gasteiger partial charge in [-0.25, -0.2) is 0 Å². The van der Waals surface area contributed by atoms with E-state index in [1.165, 1.54) is 0 Å². The number of hydrogen-bond acceptors (Lipinski definition) is 4. The molecular weight excluding hydrogens is 318 g/mol. The number of rotatable bonds is 4. The Morgan fingerprint density at radius 1 is 1.24 bits per heavy atom. The van der Waals surface area contributed by atoms with Gasteiger partial charge in [0.05, 0.1) is 18.2 Å². The summed E-state index contributed by atoms with van der Waals surface area (Å²) in [6.07, 6.45) is 2.64. The van der Waals surface area contributed by atoms with E-state index < -0.39 is 0 Å². The molecule has 3 rings (SSSR count). The zero-order chi connectivity index (χ0) is 17.9. The molecule has 5 heteroatoms. The van der Waals surface area contributed by atoms with Crippen LogP contribution in [0.4, 0.5) is 0 Å². The Balaban J connectivity index is 1.59. The number of carbonyl (C=O) groups excluding carboxylic acids is 1. The van der Waals surface area contributed by atoms with Gasteiger partial charge in [-0.2, -0.15) is 0 Å². The third kappa shape index (κ3) is 4.95. The van der Waals surface area contributed by atoms with Gasteiger partial charge in [0, 0.05) is 12.5 Å². The van der Waals surface area contributed by atoms with Gasteiger partial charge in [0.15, 0.2) is 0 Å². The van der Waals surface area contributed by atoms with Crippen molar-refractivity contribution in [2.24, 2.45) is 5.92 Å². The molecule has 1 amide bonds. The quantitative estimate of drug-likeness (QED) is 0.910. The lowest BCUT2D eigenvalue weighted by atomic mass is 9.86. The average Bonchev–Trinajstić information content (AvgIpc) is 2.59. The largest absolute Gasteiger partial charge is 0.491 e. The van der Waals surface area contributed by atoms with Crippen LogP contribution in [0.15, 0.2) is 30.3 Å². The summed E-state index contributed by atoms with van der Waals surface area (Å²) in [6.45, 7) is 5.64. The minimum atomic E-state index is -0.382. The van der Waals surface area contributed by atoms with E-state index in [-0.39, 0.29) is 29.6 Å². The summed E-state index contributed by atoms with van der Waals surface area (Å²) in [7, 11) is 0. The van der Waals surface area contributed by atoms with Crippen LogP contribution in [-0.2, 0) is 9.53 Å². The highest BCUT2D eigenvalue weighted by atomic mass is 16.5. The van der Waals surface area contributed by atoms with E-state index in [9.17, 15) is 9.90 Å². The van der Waals surface area contributed by atoms with Gasteiger partial charge in [-0.1, -0.05) is 18.2 Å². The molecule has 0 radical (unpaired) electrons. The molecule has 1 saturated carbocycles. The predicted molar refractivity (Wildman–Crippen MR) is 95.4 cm³/mol. The molecule has 1 heterocycles. The molecular formula is C20H29NO4. The maximum Gasteiger partial charge on any atom is 0.225 e. The van der Waals surface area contributed by atoms with Crippen molar-refractivity contribution >= 4 is 5.91 Å². The van der Waals surface area contributed by atoms with Crippen molar-refractivity contribution in [1.29, 1.82) is 0 Å². The van der Waals surface area contributed by atoms with Crippen LogP contribution in [0.2, 0.25) is 0 Å². The molecule has 0 aromatic heterocycles. The second kappa shape index (κ2) is 7.75. The first-order chi connectivity index (χ1) is 11.9. The van der Waals surface area contributed by atoms with Crippen LogP contribution in [0, 0.1) is 5.92 Å². The van der Waals surface area contributed by atoms with E-state index in [1.54, 1.807) is 0 Å². The Morgan fingerprint density at radius 2 is 1.92 bits per heavy atom. The van der Waals surface area contributed by atoms with Gasteiger partial charge in [0.25, 0.3) is 0 Å². The van der Waals surface area contributed by atoms with Crippen molar-refractivity contribution in [3.05, 3.63) is 30.3 Å². The van der Waals surface area contributed by atoms with Crippen molar-refractivity contribution in [1.82, 2.24) is 4.90 Å². The molecule has 1 atom stereocenters. The Bertz CT molecular complexity index is 566. The maximum atomic E-state index is 12.9. The van der Waals surface area contributed by atoms with Gasteiger partial charge in [-0.3, -0.25) is 4.79 Å². The first kappa shape index (κ1) is 18.2. The van der Waals surface area contributed by atoms with Crippen LogP contribution in [0.25, 0.3) is 0 Å². The molecule has 1 aromatic rings. The van der Waals surface area contributed by atoms with Crippen LogP contribution >= 0.6 is 0 Å². The van der Waals surface area contributed by atoms with Crippen molar-refractivity contribution in [3.8, 4) is 5.75 Å². The minimum Gasteiger partial charge on any atom is -0.491 e. The topological polar surface area (TPSA) is 59.0 Å². The second-order valence-corrected chi connectivity index (χ2v) is 7.85. The predicted octanol–water partition coefficient (Wildman–Crippen LogP) is 2.62. The number of aliphatic hydroxyl groups is 1. The Morgan fingerprint density at radius 3 is 2.60 bits per heavy atom. The SMILES string of the molecule is CC1(C)CN(C(=O)C2CCC(O)CC2)CC(COc2ccccc2)O1. The van der Waals surface area contributed by atoms with E-state index in [0.717, 1.165) is 31.4 Å². The van der Waals surface area contributed by atoms with Gasteiger partial charge < -0.3 is 19.5 Å². The number of morpholine rings is 1. The summed E-state index contributed by atoms with van der Waals surface area (Å²) >= 11 is 0. The van der Waals surface area contributed by atoms with E-state index in [2.05, 4.69) is 0 Å². The molecule has 0 bridgehead atoms. The average molecular weight is 347 g/mol. The summed E-state index contributed by atoms with van der Waals surface area (Å²) in [5, 5.41) is 9.66. The third-order valence-electron chi connectivity index (χ3n) is 5.02. The lowest BCUT2D eigenvalue weighted by Gasteiger charge is -2.44. The van der Waals surface area contributed by atoms with Crippen molar-refractivity contribution in [3.63, 3.8) is 0 Å². The molecule has 138 valence electrons. The number of amides is 1. The van der Waals surface area contributed by atoms with Crippen LogP contribution in [0.5, 0.6) is 5.75 Å². The summed E-state index contributed by atoms with van der Waals surface area (Å²) in [4.78, 5) is 14.9. The molecule has 0 spiro atoms. The highest BCUT2D eigenvalue weighted by molar-refractivity contribution is 5.79. The number of benzene rings is 1. The lowest BCUT2D eigenvalue weighted by Crippen LogP contribution is -2.57. The molecule has 25 heavy (non-hydrogen) atoms. The smallest absolute Gasteiger partial charge is 0.225 e. The Hall–Kier alpha value is -1.59. The highest BCUT2D eigenvalue weighted by Crippen LogP contribution is 2.29. The highest BCUT2D eigenvalue weighted by Gasteiger charge is 2.38.